The number of amides is 2. The van der Waals surface area contributed by atoms with Crippen LogP contribution in [0.5, 0.6) is 0 Å². The number of nitrogens with zero attached hydrogens (tertiary/aromatic N) is 3. The van der Waals surface area contributed by atoms with E-state index in [0.717, 1.165) is 0 Å². The first kappa shape index (κ1) is 20.2. The highest BCUT2D eigenvalue weighted by Gasteiger charge is 2.36. The number of aryl methyl sites for hydroxylation is 1. The molecule has 0 unspecified atom stereocenters. The molecule has 0 aromatic carbocycles. The van der Waals surface area contributed by atoms with Gasteiger partial charge < -0.3 is 25.4 Å². The van der Waals surface area contributed by atoms with Crippen LogP contribution in [-0.2, 0) is 4.74 Å². The molecule has 1 atom stereocenters. The van der Waals surface area contributed by atoms with Gasteiger partial charge in [-0.15, -0.1) is 0 Å². The Bertz CT molecular complexity index is 824. The molecule has 152 valence electrons. The van der Waals surface area contributed by atoms with Crippen LogP contribution in [-0.4, -0.2) is 82.0 Å². The average molecular weight is 408 g/mol. The van der Waals surface area contributed by atoms with Crippen LogP contribution in [0.15, 0.2) is 12.3 Å². The third-order valence-corrected chi connectivity index (χ3v) is 5.39. The second-order valence-electron chi connectivity index (χ2n) is 6.62. The fourth-order valence-electron chi connectivity index (χ4n) is 2.88. The molecule has 2 aromatic rings. The van der Waals surface area contributed by atoms with Crippen molar-refractivity contribution in [2.75, 3.05) is 44.7 Å². The van der Waals surface area contributed by atoms with E-state index >= 15 is 0 Å². The number of aromatic nitrogens is 3. The van der Waals surface area contributed by atoms with Gasteiger partial charge in [0.15, 0.2) is 5.13 Å². The van der Waals surface area contributed by atoms with Crippen LogP contribution in [0.3, 0.4) is 0 Å². The van der Waals surface area contributed by atoms with E-state index in [1.165, 1.54) is 23.6 Å². The van der Waals surface area contributed by atoms with Crippen molar-refractivity contribution in [2.45, 2.75) is 19.4 Å². The lowest BCUT2D eigenvalue weighted by molar-refractivity contribution is -0.0324. The van der Waals surface area contributed by atoms with E-state index < -0.39 is 5.60 Å². The molecule has 1 fully saturated rings. The minimum absolute atomic E-state index is 0.0182. The number of carbonyl (C=O) groups is 2. The number of hydrogen-bond acceptors (Lipinski definition) is 8. The molecule has 3 heterocycles. The van der Waals surface area contributed by atoms with Crippen molar-refractivity contribution in [3.63, 3.8) is 0 Å². The number of H-pyrrole nitrogens is 1. The summed E-state index contributed by atoms with van der Waals surface area (Å²) in [5.74, 6) is -0.593. The largest absolute Gasteiger partial charge is 0.384 e. The number of anilines is 1. The molecule has 1 saturated heterocycles. The molecule has 4 N–H and O–H groups in total. The molecular weight excluding hydrogens is 384 g/mol. The predicted molar refractivity (Wildman–Crippen MR) is 104 cm³/mol. The van der Waals surface area contributed by atoms with Gasteiger partial charge in [-0.2, -0.15) is 5.10 Å². The first-order chi connectivity index (χ1) is 13.4. The maximum Gasteiger partial charge on any atom is 0.269 e. The quantitative estimate of drug-likeness (QED) is 0.538. The summed E-state index contributed by atoms with van der Waals surface area (Å²) in [6.07, 6.45) is 1.47. The second-order valence-corrected chi connectivity index (χ2v) is 7.62. The van der Waals surface area contributed by atoms with E-state index in [0.29, 0.717) is 41.1 Å². The topological polar surface area (TPSA) is 132 Å². The Morgan fingerprint density at radius 3 is 3.04 bits per heavy atom. The molecular formula is C17H24N6O4S. The van der Waals surface area contributed by atoms with Gasteiger partial charge in [0.25, 0.3) is 11.8 Å². The second kappa shape index (κ2) is 8.67. The van der Waals surface area contributed by atoms with Gasteiger partial charge in [-0.1, -0.05) is 11.3 Å². The van der Waals surface area contributed by atoms with E-state index in [-0.39, 0.29) is 31.5 Å². The number of aliphatic hydroxyl groups is 1. The summed E-state index contributed by atoms with van der Waals surface area (Å²) in [4.78, 5) is 31.5. The van der Waals surface area contributed by atoms with Crippen molar-refractivity contribution in [2.24, 2.45) is 0 Å². The Morgan fingerprint density at radius 2 is 2.32 bits per heavy atom. The molecule has 0 aliphatic carbocycles. The molecule has 1 aliphatic heterocycles. The maximum atomic E-state index is 13.0. The van der Waals surface area contributed by atoms with E-state index in [1.54, 1.807) is 11.8 Å². The molecule has 0 bridgehead atoms. The van der Waals surface area contributed by atoms with Crippen molar-refractivity contribution in [1.29, 1.82) is 0 Å². The maximum absolute atomic E-state index is 13.0. The summed E-state index contributed by atoms with van der Waals surface area (Å²) >= 11 is 1.29. The van der Waals surface area contributed by atoms with Gasteiger partial charge >= 0.3 is 0 Å². The number of β-amino-alcohol motifs (C(OH)–C–C–N with tert-alkyl or cyclic N) is 1. The summed E-state index contributed by atoms with van der Waals surface area (Å²) in [7, 11) is 0. The Kier molecular flexibility index (Phi) is 6.27. The van der Waals surface area contributed by atoms with Crippen LogP contribution >= 0.6 is 11.3 Å². The van der Waals surface area contributed by atoms with Crippen molar-refractivity contribution in [3.8, 4) is 0 Å². The summed E-state index contributed by atoms with van der Waals surface area (Å²) in [6.45, 7) is 5.13. The lowest BCUT2D eigenvalue weighted by atomic mass is 10.0. The minimum atomic E-state index is -1.40. The Balaban J connectivity index is 1.68. The summed E-state index contributed by atoms with van der Waals surface area (Å²) in [5, 5.41) is 23.7. The van der Waals surface area contributed by atoms with Gasteiger partial charge in [-0.05, 0) is 19.9 Å². The van der Waals surface area contributed by atoms with Gasteiger partial charge in [0.2, 0.25) is 0 Å². The average Bonchev–Trinajstić information content (AvgIpc) is 3.28. The SMILES string of the molecule is CCNc1nc(C)c(C(=O)N2CCOC[C@](O)(CNC(=O)c3ccn[nH]3)C2)s1. The zero-order valence-corrected chi connectivity index (χ0v) is 16.6. The first-order valence-electron chi connectivity index (χ1n) is 9.00. The number of aromatic amines is 1. The van der Waals surface area contributed by atoms with Crippen LogP contribution in [0.1, 0.15) is 32.8 Å². The Hall–Kier alpha value is -2.50. The van der Waals surface area contributed by atoms with Crippen molar-refractivity contribution < 1.29 is 19.4 Å². The molecule has 10 nitrogen and oxygen atoms in total. The van der Waals surface area contributed by atoms with Crippen molar-refractivity contribution >= 4 is 28.3 Å². The summed E-state index contributed by atoms with van der Waals surface area (Å²) in [5.41, 5.74) is -0.459. The fraction of sp³-hybridized carbons (Fsp3) is 0.529. The molecule has 0 saturated carbocycles. The van der Waals surface area contributed by atoms with Gasteiger partial charge in [0, 0.05) is 19.3 Å². The summed E-state index contributed by atoms with van der Waals surface area (Å²) < 4.78 is 5.48. The van der Waals surface area contributed by atoms with Crippen molar-refractivity contribution in [1.82, 2.24) is 25.4 Å². The minimum Gasteiger partial charge on any atom is -0.384 e. The molecule has 2 aromatic heterocycles. The zero-order chi connectivity index (χ0) is 20.1. The highest BCUT2D eigenvalue weighted by atomic mass is 32.1. The summed E-state index contributed by atoms with van der Waals surface area (Å²) in [6, 6.07) is 1.54. The molecule has 0 spiro atoms. The number of hydrogen-bond donors (Lipinski definition) is 4. The third-order valence-electron chi connectivity index (χ3n) is 4.29. The number of rotatable bonds is 6. The van der Waals surface area contributed by atoms with Gasteiger partial charge in [0.1, 0.15) is 16.2 Å². The third kappa shape index (κ3) is 4.66. The van der Waals surface area contributed by atoms with Crippen LogP contribution in [0.2, 0.25) is 0 Å². The van der Waals surface area contributed by atoms with E-state index in [2.05, 4.69) is 25.8 Å². The lowest BCUT2D eigenvalue weighted by Crippen LogP contribution is -2.53. The molecule has 3 rings (SSSR count). The monoisotopic (exact) mass is 408 g/mol. The number of carbonyl (C=O) groups excluding carboxylic acids is 2. The van der Waals surface area contributed by atoms with E-state index in [9.17, 15) is 14.7 Å². The van der Waals surface area contributed by atoms with E-state index in [4.69, 9.17) is 4.74 Å². The van der Waals surface area contributed by atoms with Gasteiger partial charge in [0.05, 0.1) is 32.0 Å². The van der Waals surface area contributed by atoms with Crippen LogP contribution in [0.4, 0.5) is 5.13 Å². The first-order valence-corrected chi connectivity index (χ1v) is 9.82. The number of nitrogens with one attached hydrogen (secondary N) is 3. The van der Waals surface area contributed by atoms with Crippen LogP contribution in [0.25, 0.3) is 0 Å². The Labute approximate surface area is 166 Å². The van der Waals surface area contributed by atoms with Crippen LogP contribution in [0, 0.1) is 6.92 Å². The van der Waals surface area contributed by atoms with Gasteiger partial charge in [-0.25, -0.2) is 4.98 Å². The number of thiazole rings is 1. The standard InChI is InChI=1S/C17H24N6O4S/c1-3-18-16-21-11(2)13(28-16)15(25)23-6-7-27-10-17(26,9-23)8-19-14(24)12-4-5-20-22-12/h4-5,26H,3,6-10H2,1-2H3,(H,18,21)(H,19,24)(H,20,22)/t17-/m0/s1. The Morgan fingerprint density at radius 1 is 1.50 bits per heavy atom. The highest BCUT2D eigenvalue weighted by molar-refractivity contribution is 7.17. The zero-order valence-electron chi connectivity index (χ0n) is 15.8. The van der Waals surface area contributed by atoms with E-state index in [1.807, 2.05) is 6.92 Å². The molecule has 28 heavy (non-hydrogen) atoms. The molecule has 1 aliphatic rings. The molecule has 0 radical (unpaired) electrons. The molecule has 11 heteroatoms. The molecule has 2 amide bonds. The smallest absolute Gasteiger partial charge is 0.269 e. The van der Waals surface area contributed by atoms with Crippen LogP contribution < -0.4 is 10.6 Å². The number of ether oxygens (including phenoxy) is 1. The van der Waals surface area contributed by atoms with Crippen molar-refractivity contribution in [3.05, 3.63) is 28.5 Å². The highest BCUT2D eigenvalue weighted by Crippen LogP contribution is 2.25. The van der Waals surface area contributed by atoms with Gasteiger partial charge in [-0.3, -0.25) is 14.7 Å². The fourth-order valence-corrected chi connectivity index (χ4v) is 3.89. The normalized spacial score (nSPS) is 19.9. The lowest BCUT2D eigenvalue weighted by Gasteiger charge is -2.30. The predicted octanol–water partition coefficient (Wildman–Crippen LogP) is 0.240.